The highest BCUT2D eigenvalue weighted by atomic mass is 16.5. The summed E-state index contributed by atoms with van der Waals surface area (Å²) < 4.78 is 5.55. The van der Waals surface area contributed by atoms with Crippen LogP contribution in [0.2, 0.25) is 0 Å². The maximum absolute atomic E-state index is 5.55. The molecule has 0 fully saturated rings. The smallest absolute Gasteiger partial charge is 0.124 e. The Morgan fingerprint density at radius 2 is 2.00 bits per heavy atom. The van der Waals surface area contributed by atoms with Gasteiger partial charge in [0.15, 0.2) is 0 Å². The van der Waals surface area contributed by atoms with Crippen LogP contribution in [-0.4, -0.2) is 34.6 Å². The maximum Gasteiger partial charge on any atom is 0.124 e. The maximum atomic E-state index is 5.55. The molecule has 0 saturated carbocycles. The number of imidazole rings is 1. The third kappa shape index (κ3) is 3.57. The molecule has 1 aromatic carbocycles. The van der Waals surface area contributed by atoms with Gasteiger partial charge in [0.25, 0.3) is 0 Å². The van der Waals surface area contributed by atoms with E-state index in [1.54, 1.807) is 0 Å². The van der Waals surface area contributed by atoms with E-state index in [1.165, 1.54) is 0 Å². The molecule has 4 nitrogen and oxygen atoms in total. The lowest BCUT2D eigenvalue weighted by Gasteiger charge is -2.27. The molecule has 118 valence electrons. The quantitative estimate of drug-likeness (QED) is 0.709. The van der Waals surface area contributed by atoms with E-state index in [1.807, 2.05) is 37.3 Å². The van der Waals surface area contributed by atoms with Crippen molar-refractivity contribution < 1.29 is 4.74 Å². The lowest BCUT2D eigenvalue weighted by Crippen LogP contribution is -2.29. The molecule has 1 unspecified atom stereocenters. The largest absolute Gasteiger partial charge is 0.494 e. The van der Waals surface area contributed by atoms with Gasteiger partial charge in [0.2, 0.25) is 0 Å². The van der Waals surface area contributed by atoms with Crippen LogP contribution < -0.4 is 4.74 Å². The van der Waals surface area contributed by atoms with Gasteiger partial charge in [0.1, 0.15) is 11.6 Å². The predicted octanol–water partition coefficient (Wildman–Crippen LogP) is 4.09. The average molecular weight is 299 g/mol. The summed E-state index contributed by atoms with van der Waals surface area (Å²) >= 11 is 0. The predicted molar refractivity (Wildman–Crippen MR) is 92.3 cm³/mol. The molecule has 2 rings (SSSR count). The first-order valence-electron chi connectivity index (χ1n) is 7.81. The average Bonchev–Trinajstić information content (AvgIpc) is 2.91. The summed E-state index contributed by atoms with van der Waals surface area (Å²) in [6.07, 6.45) is 4.81. The number of benzene rings is 1. The van der Waals surface area contributed by atoms with Crippen LogP contribution in [0.15, 0.2) is 43.5 Å². The first kappa shape index (κ1) is 16.3. The van der Waals surface area contributed by atoms with E-state index in [9.17, 15) is 0 Å². The summed E-state index contributed by atoms with van der Waals surface area (Å²) in [5.41, 5.74) is 1.98. The van der Waals surface area contributed by atoms with E-state index < -0.39 is 0 Å². The number of hydrogen-bond donors (Lipinski definition) is 1. The van der Waals surface area contributed by atoms with Gasteiger partial charge in [0, 0.05) is 19.2 Å². The van der Waals surface area contributed by atoms with Gasteiger partial charge in [-0.25, -0.2) is 4.98 Å². The number of rotatable bonds is 9. The molecule has 1 aromatic heterocycles. The second kappa shape index (κ2) is 7.80. The summed E-state index contributed by atoms with van der Waals surface area (Å²) in [6, 6.07) is 6.19. The molecule has 4 heteroatoms. The van der Waals surface area contributed by atoms with E-state index in [2.05, 4.69) is 30.0 Å². The summed E-state index contributed by atoms with van der Waals surface area (Å²) in [5, 5.41) is 0. The van der Waals surface area contributed by atoms with Crippen molar-refractivity contribution in [1.29, 1.82) is 0 Å². The zero-order valence-electron chi connectivity index (χ0n) is 13.5. The summed E-state index contributed by atoms with van der Waals surface area (Å²) in [4.78, 5) is 10.5. The van der Waals surface area contributed by atoms with E-state index in [0.717, 1.165) is 42.1 Å². The van der Waals surface area contributed by atoms with Crippen molar-refractivity contribution in [2.75, 3.05) is 19.7 Å². The summed E-state index contributed by atoms with van der Waals surface area (Å²) in [6.45, 7) is 14.1. The molecule has 1 heterocycles. The monoisotopic (exact) mass is 299 g/mol. The molecule has 0 aliphatic carbocycles. The van der Waals surface area contributed by atoms with E-state index in [4.69, 9.17) is 9.72 Å². The SMILES string of the molecule is C=CCN(CC=C)C(CC)c1nc2ccc(OCC)cc2[nH]1. The van der Waals surface area contributed by atoms with E-state index in [0.29, 0.717) is 6.61 Å². The van der Waals surface area contributed by atoms with Crippen molar-refractivity contribution in [3.63, 3.8) is 0 Å². The second-order valence-electron chi connectivity index (χ2n) is 5.19. The first-order valence-corrected chi connectivity index (χ1v) is 7.81. The minimum absolute atomic E-state index is 0.221. The van der Waals surface area contributed by atoms with Crippen LogP contribution in [-0.2, 0) is 0 Å². The normalized spacial score (nSPS) is 12.5. The van der Waals surface area contributed by atoms with Gasteiger partial charge in [-0.3, -0.25) is 4.90 Å². The fraction of sp³-hybridized carbons (Fsp3) is 0.389. The molecule has 0 spiro atoms. The Kier molecular flexibility index (Phi) is 5.78. The second-order valence-corrected chi connectivity index (χ2v) is 5.19. The minimum atomic E-state index is 0.221. The summed E-state index contributed by atoms with van der Waals surface area (Å²) in [5.74, 6) is 1.85. The van der Waals surface area contributed by atoms with Crippen molar-refractivity contribution in [2.24, 2.45) is 0 Å². The van der Waals surface area contributed by atoms with Gasteiger partial charge in [-0.2, -0.15) is 0 Å². The van der Waals surface area contributed by atoms with Crippen LogP contribution in [0.5, 0.6) is 5.75 Å². The molecule has 0 aliphatic rings. The number of ether oxygens (including phenoxy) is 1. The molecule has 22 heavy (non-hydrogen) atoms. The molecule has 0 saturated heterocycles. The van der Waals surface area contributed by atoms with Crippen molar-refractivity contribution >= 4 is 11.0 Å². The Bertz CT molecular complexity index is 622. The molecule has 0 radical (unpaired) electrons. The Morgan fingerprint density at radius 3 is 2.59 bits per heavy atom. The Labute approximate surface area is 132 Å². The zero-order chi connectivity index (χ0) is 15.9. The van der Waals surface area contributed by atoms with Gasteiger partial charge in [0.05, 0.1) is 23.7 Å². The lowest BCUT2D eigenvalue weighted by molar-refractivity contribution is 0.229. The molecular formula is C18H25N3O. The number of aromatic nitrogens is 2. The highest BCUT2D eigenvalue weighted by Crippen LogP contribution is 2.26. The van der Waals surface area contributed by atoms with Crippen LogP contribution in [0, 0.1) is 0 Å². The van der Waals surface area contributed by atoms with Crippen LogP contribution in [0.3, 0.4) is 0 Å². The third-order valence-electron chi connectivity index (χ3n) is 3.65. The number of H-pyrrole nitrogens is 1. The standard InChI is InChI=1S/C18H25N3O/c1-5-11-21(12-6-2)17(7-3)18-19-15-10-9-14(22-8-4)13-16(15)20-18/h5-6,9-10,13,17H,1-2,7-8,11-12H2,3-4H3,(H,19,20). The van der Waals surface area contributed by atoms with Crippen molar-refractivity contribution in [1.82, 2.24) is 14.9 Å². The van der Waals surface area contributed by atoms with Gasteiger partial charge >= 0.3 is 0 Å². The Morgan fingerprint density at radius 1 is 1.27 bits per heavy atom. The van der Waals surface area contributed by atoms with Crippen LogP contribution in [0.4, 0.5) is 0 Å². The van der Waals surface area contributed by atoms with Crippen molar-refractivity contribution in [3.8, 4) is 5.75 Å². The number of aromatic amines is 1. The molecule has 1 N–H and O–H groups in total. The fourth-order valence-corrected chi connectivity index (χ4v) is 2.71. The van der Waals surface area contributed by atoms with Gasteiger partial charge < -0.3 is 9.72 Å². The third-order valence-corrected chi connectivity index (χ3v) is 3.65. The minimum Gasteiger partial charge on any atom is -0.494 e. The first-order chi connectivity index (χ1) is 10.7. The molecule has 0 bridgehead atoms. The van der Waals surface area contributed by atoms with Crippen LogP contribution in [0.1, 0.15) is 32.1 Å². The van der Waals surface area contributed by atoms with Gasteiger partial charge in [-0.05, 0) is 25.5 Å². The number of fused-ring (bicyclic) bond motifs is 1. The molecule has 2 aromatic rings. The van der Waals surface area contributed by atoms with Crippen molar-refractivity contribution in [2.45, 2.75) is 26.3 Å². The highest BCUT2D eigenvalue weighted by Gasteiger charge is 2.20. The molecule has 0 aliphatic heterocycles. The number of hydrogen-bond acceptors (Lipinski definition) is 3. The molecule has 1 atom stereocenters. The van der Waals surface area contributed by atoms with E-state index >= 15 is 0 Å². The molecule has 0 amide bonds. The van der Waals surface area contributed by atoms with Gasteiger partial charge in [-0.15, -0.1) is 13.2 Å². The van der Waals surface area contributed by atoms with Gasteiger partial charge in [-0.1, -0.05) is 19.1 Å². The lowest BCUT2D eigenvalue weighted by atomic mass is 10.1. The van der Waals surface area contributed by atoms with E-state index in [-0.39, 0.29) is 6.04 Å². The van der Waals surface area contributed by atoms with Crippen molar-refractivity contribution in [3.05, 3.63) is 49.3 Å². The van der Waals surface area contributed by atoms with Crippen LogP contribution >= 0.6 is 0 Å². The van der Waals surface area contributed by atoms with Crippen LogP contribution in [0.25, 0.3) is 11.0 Å². The fourth-order valence-electron chi connectivity index (χ4n) is 2.71. The number of nitrogens with one attached hydrogen (secondary N) is 1. The molecular weight excluding hydrogens is 274 g/mol. The Hall–Kier alpha value is -2.07. The highest BCUT2D eigenvalue weighted by molar-refractivity contribution is 5.76. The zero-order valence-corrected chi connectivity index (χ0v) is 13.5. The number of nitrogens with zero attached hydrogens (tertiary/aromatic N) is 2. The topological polar surface area (TPSA) is 41.2 Å². The Balaban J connectivity index is 2.33. The summed E-state index contributed by atoms with van der Waals surface area (Å²) in [7, 11) is 0.